The van der Waals surface area contributed by atoms with Gasteiger partial charge in [0.05, 0.1) is 27.0 Å². The predicted molar refractivity (Wildman–Crippen MR) is 94.1 cm³/mol. The fourth-order valence-electron chi connectivity index (χ4n) is 2.59. The van der Waals surface area contributed by atoms with Crippen molar-refractivity contribution in [3.63, 3.8) is 0 Å². The second-order valence-electron chi connectivity index (χ2n) is 5.99. The van der Waals surface area contributed by atoms with Gasteiger partial charge < -0.3 is 14.4 Å². The minimum Gasteiger partial charge on any atom is -0.493 e. The van der Waals surface area contributed by atoms with E-state index in [9.17, 15) is 9.59 Å². The molecule has 0 saturated heterocycles. The average molecular weight is 345 g/mol. The first kappa shape index (κ1) is 18.5. The molecule has 1 amide bonds. The molecule has 25 heavy (non-hydrogen) atoms. The summed E-state index contributed by atoms with van der Waals surface area (Å²) < 4.78 is 11.8. The van der Waals surface area contributed by atoms with Crippen molar-refractivity contribution in [2.75, 3.05) is 20.8 Å². The molecule has 0 aliphatic heterocycles. The molecule has 1 aromatic carbocycles. The van der Waals surface area contributed by atoms with E-state index in [4.69, 9.17) is 9.47 Å². The van der Waals surface area contributed by atoms with Crippen molar-refractivity contribution in [1.29, 1.82) is 0 Å². The number of methoxy groups -OCH3 is 2. The maximum Gasteiger partial charge on any atom is 0.331 e. The van der Waals surface area contributed by atoms with Gasteiger partial charge in [0.2, 0.25) is 0 Å². The van der Waals surface area contributed by atoms with Gasteiger partial charge in [-0.15, -0.1) is 0 Å². The van der Waals surface area contributed by atoms with E-state index in [0.29, 0.717) is 24.6 Å². The lowest BCUT2D eigenvalue weighted by molar-refractivity contribution is 0.187. The molecule has 0 bridgehead atoms. The molecular weight excluding hydrogens is 322 g/mol. The highest BCUT2D eigenvalue weighted by atomic mass is 16.5. The fraction of sp³-hybridized carbons (Fsp3) is 0.389. The highest BCUT2D eigenvalue weighted by molar-refractivity contribution is 5.76. The number of aromatic nitrogens is 2. The van der Waals surface area contributed by atoms with E-state index in [2.05, 4.69) is 4.98 Å². The zero-order valence-corrected chi connectivity index (χ0v) is 14.9. The maximum atomic E-state index is 12.8. The molecule has 2 rings (SSSR count). The third-order valence-electron chi connectivity index (χ3n) is 3.63. The molecule has 0 N–H and O–H groups in total. The standard InChI is InChI=1S/C18H23N3O4/c1-13(2)11-20(18(23)21-9-8-19-10-16(21)22)12-14-6-5-7-15(24-3)17(14)25-4/h5-10,13H,11-12H2,1-4H3. The lowest BCUT2D eigenvalue weighted by Crippen LogP contribution is -2.41. The summed E-state index contributed by atoms with van der Waals surface area (Å²) in [6.45, 7) is 4.82. The van der Waals surface area contributed by atoms with Crippen LogP contribution in [0, 0.1) is 5.92 Å². The van der Waals surface area contributed by atoms with Crippen molar-refractivity contribution in [3.8, 4) is 11.5 Å². The van der Waals surface area contributed by atoms with Crippen molar-refractivity contribution >= 4 is 6.03 Å². The quantitative estimate of drug-likeness (QED) is 0.804. The molecule has 1 aromatic heterocycles. The van der Waals surface area contributed by atoms with Gasteiger partial charge in [-0.05, 0) is 12.0 Å². The van der Waals surface area contributed by atoms with Gasteiger partial charge in [0.15, 0.2) is 11.5 Å². The number of ether oxygens (including phenoxy) is 2. The lowest BCUT2D eigenvalue weighted by atomic mass is 10.1. The van der Waals surface area contributed by atoms with Crippen molar-refractivity contribution in [2.45, 2.75) is 20.4 Å². The summed E-state index contributed by atoms with van der Waals surface area (Å²) in [7, 11) is 3.12. The Bertz CT molecular complexity index is 786. The molecule has 1 heterocycles. The second-order valence-corrected chi connectivity index (χ2v) is 5.99. The van der Waals surface area contributed by atoms with Gasteiger partial charge in [0.1, 0.15) is 0 Å². The number of carbonyl (C=O) groups is 1. The minimum absolute atomic E-state index is 0.234. The van der Waals surface area contributed by atoms with Gasteiger partial charge in [-0.1, -0.05) is 26.0 Å². The lowest BCUT2D eigenvalue weighted by Gasteiger charge is -2.26. The zero-order chi connectivity index (χ0) is 18.4. The number of hydrogen-bond donors (Lipinski definition) is 0. The number of nitrogens with zero attached hydrogens (tertiary/aromatic N) is 3. The second kappa shape index (κ2) is 8.32. The number of rotatable bonds is 6. The van der Waals surface area contributed by atoms with Crippen LogP contribution in [0.3, 0.4) is 0 Å². The van der Waals surface area contributed by atoms with Crippen LogP contribution in [0.25, 0.3) is 0 Å². The number of para-hydroxylation sites is 1. The van der Waals surface area contributed by atoms with Gasteiger partial charge in [-0.3, -0.25) is 9.78 Å². The summed E-state index contributed by atoms with van der Waals surface area (Å²) in [6.07, 6.45) is 3.91. The molecule has 0 fully saturated rings. The summed E-state index contributed by atoms with van der Waals surface area (Å²) in [6, 6.07) is 5.11. The summed E-state index contributed by atoms with van der Waals surface area (Å²) >= 11 is 0. The Morgan fingerprint density at radius 2 is 2.04 bits per heavy atom. The first-order valence-electron chi connectivity index (χ1n) is 7.99. The Labute approximate surface area is 146 Å². The van der Waals surface area contributed by atoms with Crippen LogP contribution in [0.2, 0.25) is 0 Å². The summed E-state index contributed by atoms with van der Waals surface area (Å²) in [5.41, 5.74) is 0.344. The molecule has 0 aliphatic rings. The van der Waals surface area contributed by atoms with E-state index in [1.807, 2.05) is 26.0 Å². The Morgan fingerprint density at radius 1 is 1.28 bits per heavy atom. The maximum absolute atomic E-state index is 12.8. The van der Waals surface area contributed by atoms with E-state index in [1.54, 1.807) is 25.2 Å². The van der Waals surface area contributed by atoms with Crippen LogP contribution in [-0.2, 0) is 6.54 Å². The van der Waals surface area contributed by atoms with Crippen molar-refractivity contribution < 1.29 is 14.3 Å². The van der Waals surface area contributed by atoms with E-state index in [-0.39, 0.29) is 5.92 Å². The smallest absolute Gasteiger partial charge is 0.331 e. The Kier molecular flexibility index (Phi) is 6.16. The van der Waals surface area contributed by atoms with E-state index < -0.39 is 11.6 Å². The Hall–Kier alpha value is -2.83. The first-order valence-corrected chi connectivity index (χ1v) is 7.99. The van der Waals surface area contributed by atoms with Gasteiger partial charge in [0.25, 0.3) is 5.56 Å². The topological polar surface area (TPSA) is 73.7 Å². The molecule has 0 unspecified atom stereocenters. The highest BCUT2D eigenvalue weighted by Crippen LogP contribution is 2.31. The van der Waals surface area contributed by atoms with Crippen molar-refractivity contribution in [3.05, 3.63) is 52.7 Å². The van der Waals surface area contributed by atoms with Crippen molar-refractivity contribution in [1.82, 2.24) is 14.5 Å². The summed E-state index contributed by atoms with van der Waals surface area (Å²) in [5.74, 6) is 1.41. The van der Waals surface area contributed by atoms with E-state index in [1.165, 1.54) is 12.4 Å². The molecule has 2 aromatic rings. The normalized spacial score (nSPS) is 10.6. The predicted octanol–water partition coefficient (Wildman–Crippen LogP) is 2.39. The third-order valence-corrected chi connectivity index (χ3v) is 3.63. The Balaban J connectivity index is 2.38. The SMILES string of the molecule is COc1cccc(CN(CC(C)C)C(=O)n2ccncc2=O)c1OC. The van der Waals surface area contributed by atoms with Gasteiger partial charge in [-0.2, -0.15) is 0 Å². The van der Waals surface area contributed by atoms with Crippen LogP contribution in [0.4, 0.5) is 4.79 Å². The van der Waals surface area contributed by atoms with Crippen LogP contribution < -0.4 is 15.0 Å². The van der Waals surface area contributed by atoms with Gasteiger partial charge in [0, 0.05) is 24.5 Å². The molecule has 0 spiro atoms. The molecular formula is C18H23N3O4. The molecule has 134 valence electrons. The van der Waals surface area contributed by atoms with Crippen molar-refractivity contribution in [2.24, 2.45) is 5.92 Å². The van der Waals surface area contributed by atoms with Gasteiger partial charge in [-0.25, -0.2) is 9.36 Å². The third kappa shape index (κ3) is 4.37. The van der Waals surface area contributed by atoms with Crippen LogP contribution in [0.15, 0.2) is 41.6 Å². The molecule has 0 radical (unpaired) electrons. The number of benzene rings is 1. The molecule has 0 atom stereocenters. The largest absolute Gasteiger partial charge is 0.493 e. The summed E-state index contributed by atoms with van der Waals surface area (Å²) in [5, 5.41) is 0. The molecule has 0 aliphatic carbocycles. The van der Waals surface area contributed by atoms with Crippen LogP contribution in [-0.4, -0.2) is 41.2 Å². The van der Waals surface area contributed by atoms with Crippen LogP contribution in [0.1, 0.15) is 19.4 Å². The zero-order valence-electron chi connectivity index (χ0n) is 14.9. The number of carbonyl (C=O) groups excluding carboxylic acids is 1. The number of hydrogen-bond acceptors (Lipinski definition) is 5. The fourth-order valence-corrected chi connectivity index (χ4v) is 2.59. The van der Waals surface area contributed by atoms with Crippen LogP contribution >= 0.6 is 0 Å². The number of amides is 1. The average Bonchev–Trinajstić information content (AvgIpc) is 2.60. The highest BCUT2D eigenvalue weighted by Gasteiger charge is 2.21. The van der Waals surface area contributed by atoms with Crippen LogP contribution in [0.5, 0.6) is 11.5 Å². The molecule has 7 heteroatoms. The van der Waals surface area contributed by atoms with E-state index in [0.717, 1.165) is 16.3 Å². The van der Waals surface area contributed by atoms with Gasteiger partial charge >= 0.3 is 6.03 Å². The molecule has 0 saturated carbocycles. The monoisotopic (exact) mass is 345 g/mol. The minimum atomic E-state index is -0.459. The summed E-state index contributed by atoms with van der Waals surface area (Å²) in [4.78, 5) is 30.1. The molecule has 7 nitrogen and oxygen atoms in total. The van der Waals surface area contributed by atoms with E-state index >= 15 is 0 Å². The first-order chi connectivity index (χ1) is 12.0. The Morgan fingerprint density at radius 3 is 2.64 bits per heavy atom.